The summed E-state index contributed by atoms with van der Waals surface area (Å²) < 4.78 is 4.98. The third kappa shape index (κ3) is 3.87. The molecule has 0 atom stereocenters. The van der Waals surface area contributed by atoms with Crippen molar-refractivity contribution >= 4 is 12.0 Å². The van der Waals surface area contributed by atoms with Gasteiger partial charge in [0.1, 0.15) is 11.3 Å². The Bertz CT molecular complexity index is 671. The highest BCUT2D eigenvalue weighted by Gasteiger charge is 2.24. The summed E-state index contributed by atoms with van der Waals surface area (Å²) in [6.45, 7) is 5.92. The van der Waals surface area contributed by atoms with Crippen molar-refractivity contribution in [2.75, 3.05) is 32.7 Å². The van der Waals surface area contributed by atoms with Crippen LogP contribution in [0.2, 0.25) is 0 Å². The van der Waals surface area contributed by atoms with Gasteiger partial charge in [0.2, 0.25) is 0 Å². The Balaban J connectivity index is 1.48. The first-order chi connectivity index (χ1) is 11.2. The van der Waals surface area contributed by atoms with Crippen molar-refractivity contribution < 1.29 is 9.32 Å². The first kappa shape index (κ1) is 15.5. The van der Waals surface area contributed by atoms with Gasteiger partial charge in [-0.2, -0.15) is 0 Å². The minimum absolute atomic E-state index is 0.0169. The first-order valence-corrected chi connectivity index (χ1v) is 7.88. The Morgan fingerprint density at radius 2 is 1.96 bits per heavy atom. The summed E-state index contributed by atoms with van der Waals surface area (Å²) in [6, 6.07) is 10.3. The van der Waals surface area contributed by atoms with Gasteiger partial charge in [-0.1, -0.05) is 47.6 Å². The van der Waals surface area contributed by atoms with Crippen molar-refractivity contribution in [3.05, 3.63) is 59.5 Å². The number of hydrogen-bond acceptors (Lipinski definition) is 4. The quantitative estimate of drug-likeness (QED) is 0.870. The number of rotatable bonds is 4. The van der Waals surface area contributed by atoms with E-state index in [-0.39, 0.29) is 5.91 Å². The van der Waals surface area contributed by atoms with Crippen LogP contribution in [0.4, 0.5) is 0 Å². The predicted molar refractivity (Wildman–Crippen MR) is 89.1 cm³/mol. The van der Waals surface area contributed by atoms with E-state index in [9.17, 15) is 4.79 Å². The molecule has 23 heavy (non-hydrogen) atoms. The molecule has 2 aromatic rings. The molecule has 0 spiro atoms. The van der Waals surface area contributed by atoms with Gasteiger partial charge in [0, 0.05) is 32.7 Å². The second kappa shape index (κ2) is 7.24. The molecule has 0 bridgehead atoms. The molecule has 2 heterocycles. The second-order valence-electron chi connectivity index (χ2n) is 5.70. The summed E-state index contributed by atoms with van der Waals surface area (Å²) in [5.74, 6) is 0.603. The Morgan fingerprint density at radius 3 is 2.61 bits per heavy atom. The number of aryl methyl sites for hydroxylation is 1. The highest BCUT2D eigenvalue weighted by atomic mass is 16.5. The monoisotopic (exact) mass is 311 g/mol. The maximum absolute atomic E-state index is 12.4. The number of benzene rings is 1. The molecule has 0 radical (unpaired) electrons. The molecule has 0 saturated carbocycles. The molecule has 1 aromatic heterocycles. The SMILES string of the molecule is Cc1oncc1C(=O)N1CCN(C/C=C/c2ccccc2)CC1. The van der Waals surface area contributed by atoms with E-state index in [4.69, 9.17) is 4.52 Å². The van der Waals surface area contributed by atoms with Crippen molar-refractivity contribution in [1.29, 1.82) is 0 Å². The molecule has 5 heteroatoms. The number of aromatic nitrogens is 1. The van der Waals surface area contributed by atoms with Gasteiger partial charge in [-0.05, 0) is 12.5 Å². The lowest BCUT2D eigenvalue weighted by Crippen LogP contribution is -2.48. The lowest BCUT2D eigenvalue weighted by atomic mass is 10.2. The lowest BCUT2D eigenvalue weighted by Gasteiger charge is -2.34. The molecule has 0 aliphatic carbocycles. The van der Waals surface area contributed by atoms with Gasteiger partial charge in [0.25, 0.3) is 5.91 Å². The predicted octanol–water partition coefficient (Wildman–Crippen LogP) is 2.45. The van der Waals surface area contributed by atoms with E-state index < -0.39 is 0 Å². The fourth-order valence-electron chi connectivity index (χ4n) is 2.71. The summed E-state index contributed by atoms with van der Waals surface area (Å²) in [4.78, 5) is 16.6. The Labute approximate surface area is 136 Å². The van der Waals surface area contributed by atoms with Crippen LogP contribution in [0.15, 0.2) is 47.1 Å². The highest BCUT2D eigenvalue weighted by Crippen LogP contribution is 2.12. The molecule has 5 nitrogen and oxygen atoms in total. The Hall–Kier alpha value is -2.40. The zero-order valence-electron chi connectivity index (χ0n) is 13.3. The van der Waals surface area contributed by atoms with Crippen molar-refractivity contribution in [3.63, 3.8) is 0 Å². The molecular formula is C18H21N3O2. The topological polar surface area (TPSA) is 49.6 Å². The van der Waals surface area contributed by atoms with Crippen LogP contribution in [-0.4, -0.2) is 53.6 Å². The molecule has 0 unspecified atom stereocenters. The Kier molecular flexibility index (Phi) is 4.88. The van der Waals surface area contributed by atoms with Crippen molar-refractivity contribution in [2.24, 2.45) is 0 Å². The molecule has 0 N–H and O–H groups in total. The van der Waals surface area contributed by atoms with Crippen LogP contribution < -0.4 is 0 Å². The first-order valence-electron chi connectivity index (χ1n) is 7.88. The molecule has 120 valence electrons. The number of carbonyl (C=O) groups is 1. The molecule has 1 fully saturated rings. The van der Waals surface area contributed by atoms with Crippen LogP contribution in [0.3, 0.4) is 0 Å². The largest absolute Gasteiger partial charge is 0.361 e. The number of piperazine rings is 1. The normalized spacial score (nSPS) is 16.1. The minimum atomic E-state index is 0.0169. The molecule has 1 amide bonds. The maximum Gasteiger partial charge on any atom is 0.259 e. The summed E-state index contributed by atoms with van der Waals surface area (Å²) >= 11 is 0. The maximum atomic E-state index is 12.4. The summed E-state index contributed by atoms with van der Waals surface area (Å²) in [5, 5.41) is 3.68. The fourth-order valence-corrected chi connectivity index (χ4v) is 2.71. The van der Waals surface area contributed by atoms with Crippen molar-refractivity contribution in [2.45, 2.75) is 6.92 Å². The second-order valence-corrected chi connectivity index (χ2v) is 5.70. The third-order valence-corrected chi connectivity index (χ3v) is 4.11. The number of amides is 1. The summed E-state index contributed by atoms with van der Waals surface area (Å²) in [7, 11) is 0. The van der Waals surface area contributed by atoms with Crippen LogP contribution in [-0.2, 0) is 0 Å². The van der Waals surface area contributed by atoms with Gasteiger partial charge in [0.15, 0.2) is 0 Å². The van der Waals surface area contributed by atoms with Gasteiger partial charge in [-0.3, -0.25) is 9.69 Å². The van der Waals surface area contributed by atoms with Gasteiger partial charge in [0.05, 0.1) is 6.20 Å². The van der Waals surface area contributed by atoms with E-state index in [0.29, 0.717) is 11.3 Å². The van der Waals surface area contributed by atoms with Crippen LogP contribution >= 0.6 is 0 Å². The van der Waals surface area contributed by atoms with E-state index >= 15 is 0 Å². The minimum Gasteiger partial charge on any atom is -0.361 e. The van der Waals surface area contributed by atoms with Gasteiger partial charge >= 0.3 is 0 Å². The molecular weight excluding hydrogens is 290 g/mol. The third-order valence-electron chi connectivity index (χ3n) is 4.11. The van der Waals surface area contributed by atoms with E-state index in [1.807, 2.05) is 23.1 Å². The van der Waals surface area contributed by atoms with Gasteiger partial charge in [-0.25, -0.2) is 0 Å². The average Bonchev–Trinajstić information content (AvgIpc) is 3.02. The Morgan fingerprint density at radius 1 is 1.22 bits per heavy atom. The average molecular weight is 311 g/mol. The highest BCUT2D eigenvalue weighted by molar-refractivity contribution is 5.94. The van der Waals surface area contributed by atoms with Crippen molar-refractivity contribution in [3.8, 4) is 0 Å². The van der Waals surface area contributed by atoms with Gasteiger partial charge < -0.3 is 9.42 Å². The fraction of sp³-hybridized carbons (Fsp3) is 0.333. The standard InChI is InChI=1S/C18H21N3O2/c1-15-17(14-19-23-15)18(22)21-12-10-20(11-13-21)9-5-8-16-6-3-2-4-7-16/h2-8,14H,9-13H2,1H3/b8-5+. The number of hydrogen-bond donors (Lipinski definition) is 0. The van der Waals surface area contributed by atoms with Gasteiger partial charge in [-0.15, -0.1) is 0 Å². The zero-order chi connectivity index (χ0) is 16.1. The van der Waals surface area contributed by atoms with E-state index in [0.717, 1.165) is 32.7 Å². The van der Waals surface area contributed by atoms with E-state index in [1.165, 1.54) is 11.8 Å². The lowest BCUT2D eigenvalue weighted by molar-refractivity contribution is 0.0648. The van der Waals surface area contributed by atoms with E-state index in [2.05, 4.69) is 34.3 Å². The van der Waals surface area contributed by atoms with Crippen LogP contribution in [0.1, 0.15) is 21.7 Å². The number of nitrogens with zero attached hydrogens (tertiary/aromatic N) is 3. The van der Waals surface area contributed by atoms with E-state index in [1.54, 1.807) is 6.92 Å². The number of carbonyl (C=O) groups excluding carboxylic acids is 1. The molecule has 1 aromatic carbocycles. The molecule has 1 aliphatic rings. The molecule has 1 aliphatic heterocycles. The molecule has 1 saturated heterocycles. The van der Waals surface area contributed by atoms with Crippen molar-refractivity contribution in [1.82, 2.24) is 15.0 Å². The van der Waals surface area contributed by atoms with Crippen LogP contribution in [0.25, 0.3) is 6.08 Å². The summed E-state index contributed by atoms with van der Waals surface area (Å²) in [6.07, 6.45) is 5.82. The summed E-state index contributed by atoms with van der Waals surface area (Å²) in [5.41, 5.74) is 1.78. The van der Waals surface area contributed by atoms with Crippen LogP contribution in [0.5, 0.6) is 0 Å². The molecule has 3 rings (SSSR count). The van der Waals surface area contributed by atoms with Crippen LogP contribution in [0, 0.1) is 6.92 Å². The zero-order valence-corrected chi connectivity index (χ0v) is 13.3. The smallest absolute Gasteiger partial charge is 0.259 e.